The standard InChI is InChI=1S/C24H27FN4O3/c1-15-13-29(14-16(2)32-15)22-9-8-17(10-20(22)25)12-26-23(30)11-21-18-6-4-5-7-19(18)24(31)28(3)27-21/h4-10,15-16H,11-14H2,1-3H3,(H,26,30). The first-order valence-electron chi connectivity index (χ1n) is 10.7. The van der Waals surface area contributed by atoms with E-state index in [4.69, 9.17) is 4.74 Å². The quantitative estimate of drug-likeness (QED) is 0.663. The fourth-order valence-corrected chi connectivity index (χ4v) is 4.21. The van der Waals surface area contributed by atoms with Crippen molar-refractivity contribution in [2.75, 3.05) is 18.0 Å². The van der Waals surface area contributed by atoms with Crippen LogP contribution in [0, 0.1) is 5.82 Å². The van der Waals surface area contributed by atoms with E-state index in [9.17, 15) is 14.0 Å². The molecule has 0 saturated carbocycles. The minimum atomic E-state index is -0.316. The van der Waals surface area contributed by atoms with Crippen LogP contribution in [0.4, 0.5) is 10.1 Å². The third-order valence-corrected chi connectivity index (χ3v) is 5.62. The van der Waals surface area contributed by atoms with Crippen LogP contribution in [-0.4, -0.2) is 41.0 Å². The number of fused-ring (bicyclic) bond motifs is 1. The van der Waals surface area contributed by atoms with Gasteiger partial charge in [0, 0.05) is 32.1 Å². The van der Waals surface area contributed by atoms with Crippen LogP contribution in [-0.2, 0) is 29.5 Å². The first-order chi connectivity index (χ1) is 15.3. The zero-order chi connectivity index (χ0) is 22.8. The van der Waals surface area contributed by atoms with E-state index in [2.05, 4.69) is 10.4 Å². The van der Waals surface area contributed by atoms with Gasteiger partial charge in [-0.1, -0.05) is 24.3 Å². The van der Waals surface area contributed by atoms with Gasteiger partial charge in [-0.3, -0.25) is 9.59 Å². The molecular formula is C24H27FN4O3. The molecule has 32 heavy (non-hydrogen) atoms. The highest BCUT2D eigenvalue weighted by atomic mass is 19.1. The number of nitrogens with one attached hydrogen (secondary N) is 1. The zero-order valence-electron chi connectivity index (χ0n) is 18.5. The Bertz CT molecular complexity index is 1200. The molecule has 2 unspecified atom stereocenters. The van der Waals surface area contributed by atoms with Crippen LogP contribution in [0.1, 0.15) is 25.1 Å². The van der Waals surface area contributed by atoms with E-state index < -0.39 is 0 Å². The number of halogens is 1. The Morgan fingerprint density at radius 2 is 1.84 bits per heavy atom. The fraction of sp³-hybridized carbons (Fsp3) is 0.375. The van der Waals surface area contributed by atoms with Gasteiger partial charge in [-0.2, -0.15) is 5.10 Å². The van der Waals surface area contributed by atoms with Crippen molar-refractivity contribution in [3.8, 4) is 0 Å². The Hall–Kier alpha value is -3.26. The lowest BCUT2D eigenvalue weighted by molar-refractivity contribution is -0.120. The smallest absolute Gasteiger partial charge is 0.274 e. The third kappa shape index (κ3) is 4.65. The van der Waals surface area contributed by atoms with Gasteiger partial charge in [0.15, 0.2) is 0 Å². The number of aryl methyl sites for hydroxylation is 1. The number of hydrogen-bond donors (Lipinski definition) is 1. The number of benzene rings is 2. The number of morpholine rings is 1. The number of hydrogen-bond acceptors (Lipinski definition) is 5. The fourth-order valence-electron chi connectivity index (χ4n) is 4.21. The molecule has 1 N–H and O–H groups in total. The third-order valence-electron chi connectivity index (χ3n) is 5.62. The lowest BCUT2D eigenvalue weighted by atomic mass is 10.1. The molecule has 1 aromatic heterocycles. The molecule has 8 heteroatoms. The maximum atomic E-state index is 14.8. The molecule has 168 valence electrons. The molecule has 2 atom stereocenters. The molecule has 1 fully saturated rings. The van der Waals surface area contributed by atoms with Crippen molar-refractivity contribution in [2.45, 2.75) is 39.0 Å². The number of nitrogens with zero attached hydrogens (tertiary/aromatic N) is 3. The second-order valence-electron chi connectivity index (χ2n) is 8.32. The van der Waals surface area contributed by atoms with Gasteiger partial charge in [0.2, 0.25) is 5.91 Å². The first-order valence-corrected chi connectivity index (χ1v) is 10.7. The minimum Gasteiger partial charge on any atom is -0.372 e. The Kier molecular flexibility index (Phi) is 6.23. The van der Waals surface area contributed by atoms with Crippen LogP contribution in [0.15, 0.2) is 47.3 Å². The molecule has 0 radical (unpaired) electrons. The summed E-state index contributed by atoms with van der Waals surface area (Å²) in [4.78, 5) is 26.8. The van der Waals surface area contributed by atoms with Gasteiger partial charge in [-0.25, -0.2) is 9.07 Å². The lowest BCUT2D eigenvalue weighted by Crippen LogP contribution is -2.45. The highest BCUT2D eigenvalue weighted by Gasteiger charge is 2.24. The molecule has 2 aromatic carbocycles. The number of aromatic nitrogens is 2. The largest absolute Gasteiger partial charge is 0.372 e. The molecule has 0 spiro atoms. The van der Waals surface area contributed by atoms with Crippen molar-refractivity contribution in [2.24, 2.45) is 7.05 Å². The van der Waals surface area contributed by atoms with Gasteiger partial charge in [-0.05, 0) is 37.6 Å². The number of ether oxygens (including phenoxy) is 1. The maximum Gasteiger partial charge on any atom is 0.274 e. The van der Waals surface area contributed by atoms with E-state index in [0.29, 0.717) is 40.8 Å². The number of anilines is 1. The van der Waals surface area contributed by atoms with Crippen LogP contribution in [0.3, 0.4) is 0 Å². The van der Waals surface area contributed by atoms with E-state index >= 15 is 0 Å². The van der Waals surface area contributed by atoms with Crippen molar-refractivity contribution in [3.05, 3.63) is 69.9 Å². The molecule has 0 aliphatic carbocycles. The number of carbonyl (C=O) groups excluding carboxylic acids is 1. The maximum absolute atomic E-state index is 14.8. The Balaban J connectivity index is 1.43. The van der Waals surface area contributed by atoms with Gasteiger partial charge in [0.05, 0.1) is 35.4 Å². The highest BCUT2D eigenvalue weighted by Crippen LogP contribution is 2.24. The molecule has 0 bridgehead atoms. The summed E-state index contributed by atoms with van der Waals surface area (Å²) >= 11 is 0. The van der Waals surface area contributed by atoms with Crippen LogP contribution >= 0.6 is 0 Å². The predicted octanol–water partition coefficient (Wildman–Crippen LogP) is 2.55. The normalized spacial score (nSPS) is 18.7. The molecule has 1 amide bonds. The van der Waals surface area contributed by atoms with Crippen molar-refractivity contribution < 1.29 is 13.9 Å². The average Bonchev–Trinajstić information content (AvgIpc) is 2.75. The van der Waals surface area contributed by atoms with Gasteiger partial charge in [0.1, 0.15) is 5.82 Å². The predicted molar refractivity (Wildman–Crippen MR) is 121 cm³/mol. The molecule has 7 nitrogen and oxygen atoms in total. The minimum absolute atomic E-state index is 0.0265. The van der Waals surface area contributed by atoms with E-state index in [-0.39, 0.29) is 42.5 Å². The summed E-state index contributed by atoms with van der Waals surface area (Å²) in [7, 11) is 1.57. The summed E-state index contributed by atoms with van der Waals surface area (Å²) in [6, 6.07) is 12.1. The van der Waals surface area contributed by atoms with Gasteiger partial charge >= 0.3 is 0 Å². The lowest BCUT2D eigenvalue weighted by Gasteiger charge is -2.37. The molecule has 1 aliphatic heterocycles. The molecule has 2 heterocycles. The zero-order valence-corrected chi connectivity index (χ0v) is 18.5. The number of rotatable bonds is 5. The summed E-state index contributed by atoms with van der Waals surface area (Å²) < 4.78 is 21.7. The Morgan fingerprint density at radius 1 is 1.16 bits per heavy atom. The van der Waals surface area contributed by atoms with Gasteiger partial charge in [0.25, 0.3) is 5.56 Å². The highest BCUT2D eigenvalue weighted by molar-refractivity contribution is 5.88. The van der Waals surface area contributed by atoms with Crippen molar-refractivity contribution in [3.63, 3.8) is 0 Å². The topological polar surface area (TPSA) is 76.5 Å². The van der Waals surface area contributed by atoms with Gasteiger partial charge in [-0.15, -0.1) is 0 Å². The van der Waals surface area contributed by atoms with Crippen LogP contribution < -0.4 is 15.8 Å². The van der Waals surface area contributed by atoms with E-state index in [1.54, 1.807) is 31.3 Å². The molecule has 3 aromatic rings. The van der Waals surface area contributed by atoms with Crippen LogP contribution in [0.25, 0.3) is 10.8 Å². The van der Waals surface area contributed by atoms with E-state index in [1.165, 1.54) is 10.7 Å². The summed E-state index contributed by atoms with van der Waals surface area (Å²) in [5, 5.41) is 8.26. The molecule has 1 aliphatic rings. The van der Waals surface area contributed by atoms with Crippen molar-refractivity contribution in [1.82, 2.24) is 15.1 Å². The molecule has 1 saturated heterocycles. The van der Waals surface area contributed by atoms with Crippen LogP contribution in [0.5, 0.6) is 0 Å². The summed E-state index contributed by atoms with van der Waals surface area (Å²) in [5.74, 6) is -0.564. The summed E-state index contributed by atoms with van der Waals surface area (Å²) in [6.07, 6.45) is 0.109. The van der Waals surface area contributed by atoms with E-state index in [1.807, 2.05) is 30.9 Å². The summed E-state index contributed by atoms with van der Waals surface area (Å²) in [6.45, 7) is 5.44. The Labute approximate surface area is 185 Å². The summed E-state index contributed by atoms with van der Waals surface area (Å²) in [5.41, 5.74) is 1.54. The van der Waals surface area contributed by atoms with Crippen molar-refractivity contribution >= 4 is 22.4 Å². The number of carbonyl (C=O) groups is 1. The van der Waals surface area contributed by atoms with Crippen molar-refractivity contribution in [1.29, 1.82) is 0 Å². The second kappa shape index (κ2) is 9.08. The van der Waals surface area contributed by atoms with Crippen LogP contribution in [0.2, 0.25) is 0 Å². The second-order valence-corrected chi connectivity index (χ2v) is 8.32. The average molecular weight is 439 g/mol. The number of amides is 1. The van der Waals surface area contributed by atoms with Gasteiger partial charge < -0.3 is 15.0 Å². The first kappa shape index (κ1) is 22.0. The Morgan fingerprint density at radius 3 is 2.53 bits per heavy atom. The molecule has 4 rings (SSSR count). The monoisotopic (exact) mass is 438 g/mol. The molecular weight excluding hydrogens is 411 g/mol. The van der Waals surface area contributed by atoms with E-state index in [0.717, 1.165) is 0 Å². The SMILES string of the molecule is CC1CN(c2ccc(CNC(=O)Cc3nn(C)c(=O)c4ccccc34)cc2F)CC(C)O1.